The standard InChI is InChI=1S/C19H22Cl2N2O2/c1-23(2)19(24)22-15-10-11-18(17(21)13-15)25-12-6-9-16(20)14-7-4-3-5-8-14/h3-5,7-8,10-11,13,16H,6,9,12H2,1-2H3,(H,22,24). The Morgan fingerprint density at radius 2 is 1.92 bits per heavy atom. The van der Waals surface area contributed by atoms with E-state index in [0.717, 1.165) is 18.4 Å². The molecular weight excluding hydrogens is 359 g/mol. The molecule has 0 saturated heterocycles. The molecular formula is C19H22Cl2N2O2. The maximum Gasteiger partial charge on any atom is 0.321 e. The average molecular weight is 381 g/mol. The maximum atomic E-state index is 11.6. The van der Waals surface area contributed by atoms with Gasteiger partial charge in [-0.1, -0.05) is 41.9 Å². The van der Waals surface area contributed by atoms with Crippen molar-refractivity contribution in [3.8, 4) is 5.75 Å². The summed E-state index contributed by atoms with van der Waals surface area (Å²) >= 11 is 12.6. The van der Waals surface area contributed by atoms with Crippen LogP contribution in [0, 0.1) is 0 Å². The molecule has 1 unspecified atom stereocenters. The van der Waals surface area contributed by atoms with Crippen LogP contribution in [0.3, 0.4) is 0 Å². The molecule has 0 aliphatic heterocycles. The Morgan fingerprint density at radius 3 is 2.56 bits per heavy atom. The molecule has 2 aromatic carbocycles. The highest BCUT2D eigenvalue weighted by Gasteiger charge is 2.09. The number of nitrogens with one attached hydrogen (secondary N) is 1. The van der Waals surface area contributed by atoms with Crippen LogP contribution in [0.5, 0.6) is 5.75 Å². The number of carbonyl (C=O) groups is 1. The molecule has 25 heavy (non-hydrogen) atoms. The van der Waals surface area contributed by atoms with Crippen molar-refractivity contribution in [2.45, 2.75) is 18.2 Å². The highest BCUT2D eigenvalue weighted by atomic mass is 35.5. The number of anilines is 1. The summed E-state index contributed by atoms with van der Waals surface area (Å²) in [6, 6.07) is 15.0. The van der Waals surface area contributed by atoms with Crippen LogP contribution in [0.15, 0.2) is 48.5 Å². The molecule has 0 heterocycles. The van der Waals surface area contributed by atoms with Gasteiger partial charge in [-0.05, 0) is 36.6 Å². The molecule has 134 valence electrons. The van der Waals surface area contributed by atoms with Crippen molar-refractivity contribution < 1.29 is 9.53 Å². The van der Waals surface area contributed by atoms with Gasteiger partial charge in [-0.3, -0.25) is 0 Å². The summed E-state index contributed by atoms with van der Waals surface area (Å²) in [5.74, 6) is 0.593. The molecule has 0 spiro atoms. The quantitative estimate of drug-likeness (QED) is 0.503. The molecule has 4 nitrogen and oxygen atoms in total. The molecule has 6 heteroatoms. The number of nitrogens with zero attached hydrogens (tertiary/aromatic N) is 1. The van der Waals surface area contributed by atoms with Gasteiger partial charge >= 0.3 is 6.03 Å². The first-order chi connectivity index (χ1) is 12.0. The van der Waals surface area contributed by atoms with Gasteiger partial charge in [0.2, 0.25) is 0 Å². The van der Waals surface area contributed by atoms with Crippen molar-refractivity contribution in [2.24, 2.45) is 0 Å². The fourth-order valence-corrected chi connectivity index (χ4v) is 2.74. The van der Waals surface area contributed by atoms with E-state index in [4.69, 9.17) is 27.9 Å². The number of rotatable bonds is 7. The van der Waals surface area contributed by atoms with E-state index in [1.807, 2.05) is 30.3 Å². The fourth-order valence-electron chi connectivity index (χ4n) is 2.20. The first-order valence-electron chi connectivity index (χ1n) is 8.07. The van der Waals surface area contributed by atoms with Gasteiger partial charge in [0.15, 0.2) is 0 Å². The predicted octanol–water partition coefficient (Wildman–Crippen LogP) is 5.57. The summed E-state index contributed by atoms with van der Waals surface area (Å²) in [7, 11) is 3.35. The van der Waals surface area contributed by atoms with Crippen LogP contribution in [0.25, 0.3) is 0 Å². The number of hydrogen-bond donors (Lipinski definition) is 1. The van der Waals surface area contributed by atoms with Gasteiger partial charge < -0.3 is 15.0 Å². The molecule has 0 fully saturated rings. The summed E-state index contributed by atoms with van der Waals surface area (Å²) in [5.41, 5.74) is 1.74. The van der Waals surface area contributed by atoms with Crippen molar-refractivity contribution in [1.82, 2.24) is 4.90 Å². The summed E-state index contributed by atoms with van der Waals surface area (Å²) in [4.78, 5) is 13.1. The zero-order valence-electron chi connectivity index (χ0n) is 14.3. The second kappa shape index (κ2) is 9.54. The zero-order valence-corrected chi connectivity index (χ0v) is 15.8. The Bertz CT molecular complexity index is 693. The van der Waals surface area contributed by atoms with Gasteiger partial charge in [0.1, 0.15) is 5.75 Å². The lowest BCUT2D eigenvalue weighted by atomic mass is 10.1. The molecule has 0 saturated carbocycles. The summed E-state index contributed by atoms with van der Waals surface area (Å²) in [6.07, 6.45) is 1.64. The highest BCUT2D eigenvalue weighted by molar-refractivity contribution is 6.32. The molecule has 2 rings (SSSR count). The molecule has 2 amide bonds. The van der Waals surface area contributed by atoms with E-state index in [1.165, 1.54) is 4.90 Å². The van der Waals surface area contributed by atoms with Gasteiger partial charge in [-0.15, -0.1) is 11.6 Å². The number of halogens is 2. The third-order valence-corrected chi connectivity index (χ3v) is 4.38. The second-order valence-electron chi connectivity index (χ2n) is 5.84. The Hall–Kier alpha value is -1.91. The van der Waals surface area contributed by atoms with Gasteiger partial charge in [0, 0.05) is 19.8 Å². The van der Waals surface area contributed by atoms with Gasteiger partial charge in [0.05, 0.1) is 17.0 Å². The minimum Gasteiger partial charge on any atom is -0.492 e. The fraction of sp³-hybridized carbons (Fsp3) is 0.316. The third kappa shape index (κ3) is 6.15. The van der Waals surface area contributed by atoms with Crippen molar-refractivity contribution in [3.63, 3.8) is 0 Å². The highest BCUT2D eigenvalue weighted by Crippen LogP contribution is 2.29. The third-order valence-electron chi connectivity index (χ3n) is 3.61. The number of benzene rings is 2. The number of alkyl halides is 1. The van der Waals surface area contributed by atoms with Crippen LogP contribution in [0.1, 0.15) is 23.8 Å². The first kappa shape index (κ1) is 19.4. The molecule has 0 radical (unpaired) electrons. The SMILES string of the molecule is CN(C)C(=O)Nc1ccc(OCCCC(Cl)c2ccccc2)c(Cl)c1. The summed E-state index contributed by atoms with van der Waals surface area (Å²) < 4.78 is 5.72. The largest absolute Gasteiger partial charge is 0.492 e. The smallest absolute Gasteiger partial charge is 0.321 e. The van der Waals surface area contributed by atoms with Crippen molar-refractivity contribution in [2.75, 3.05) is 26.0 Å². The molecule has 0 aromatic heterocycles. The number of ether oxygens (including phenoxy) is 1. The van der Waals surface area contributed by atoms with Crippen LogP contribution in [0.4, 0.5) is 10.5 Å². The van der Waals surface area contributed by atoms with Crippen molar-refractivity contribution in [3.05, 3.63) is 59.1 Å². The number of amides is 2. The Morgan fingerprint density at radius 1 is 1.20 bits per heavy atom. The maximum absolute atomic E-state index is 11.6. The van der Waals surface area contributed by atoms with Gasteiger partial charge in [0.25, 0.3) is 0 Å². The number of carbonyl (C=O) groups excluding carboxylic acids is 1. The van der Waals surface area contributed by atoms with E-state index in [9.17, 15) is 4.79 Å². The number of urea groups is 1. The lowest BCUT2D eigenvalue weighted by Gasteiger charge is -2.14. The average Bonchev–Trinajstić information content (AvgIpc) is 2.60. The van der Waals surface area contributed by atoms with Crippen molar-refractivity contribution >= 4 is 34.9 Å². The molecule has 1 atom stereocenters. The molecule has 0 aliphatic carbocycles. The van der Waals surface area contributed by atoms with E-state index in [-0.39, 0.29) is 11.4 Å². The van der Waals surface area contributed by atoms with E-state index >= 15 is 0 Å². The molecule has 2 aromatic rings. The van der Waals surface area contributed by atoms with E-state index < -0.39 is 0 Å². The molecule has 0 bridgehead atoms. The van der Waals surface area contributed by atoms with Crippen LogP contribution >= 0.6 is 23.2 Å². The monoisotopic (exact) mass is 380 g/mol. The topological polar surface area (TPSA) is 41.6 Å². The Labute approximate surface area is 158 Å². The van der Waals surface area contributed by atoms with E-state index in [1.54, 1.807) is 32.3 Å². The van der Waals surface area contributed by atoms with Crippen LogP contribution in [-0.2, 0) is 0 Å². The minimum atomic E-state index is -0.209. The number of hydrogen-bond acceptors (Lipinski definition) is 2. The van der Waals surface area contributed by atoms with Crippen LogP contribution in [-0.4, -0.2) is 31.6 Å². The molecule has 1 N–H and O–H groups in total. The zero-order chi connectivity index (χ0) is 18.2. The summed E-state index contributed by atoms with van der Waals surface area (Å²) in [5, 5.41) is 3.18. The van der Waals surface area contributed by atoms with Crippen LogP contribution < -0.4 is 10.1 Å². The molecule has 0 aliphatic rings. The lowest BCUT2D eigenvalue weighted by Crippen LogP contribution is -2.27. The van der Waals surface area contributed by atoms with E-state index in [0.29, 0.717) is 23.1 Å². The van der Waals surface area contributed by atoms with E-state index in [2.05, 4.69) is 5.32 Å². The summed E-state index contributed by atoms with van der Waals surface area (Å²) in [6.45, 7) is 0.527. The van der Waals surface area contributed by atoms with Crippen molar-refractivity contribution in [1.29, 1.82) is 0 Å². The van der Waals surface area contributed by atoms with Gasteiger partial charge in [-0.25, -0.2) is 4.79 Å². The second-order valence-corrected chi connectivity index (χ2v) is 6.77. The van der Waals surface area contributed by atoms with Gasteiger partial charge in [-0.2, -0.15) is 0 Å². The minimum absolute atomic E-state index is 0.0242. The predicted molar refractivity (Wildman–Crippen MR) is 104 cm³/mol. The van der Waals surface area contributed by atoms with Crippen LogP contribution in [0.2, 0.25) is 5.02 Å². The Kier molecular flexibility index (Phi) is 7.41. The lowest BCUT2D eigenvalue weighted by molar-refractivity contribution is 0.230. The first-order valence-corrected chi connectivity index (χ1v) is 8.88. The Balaban J connectivity index is 1.80. The normalized spacial score (nSPS) is 11.7.